The molecule has 0 radical (unpaired) electrons. The minimum Gasteiger partial charge on any atom is -0.487 e. The first-order chi connectivity index (χ1) is 34.8. The number of carbonyl (C=O) groups is 2. The Kier molecular flexibility index (Phi) is 29.6. The van der Waals surface area contributed by atoms with Gasteiger partial charge in [0.15, 0.2) is 24.1 Å². The Bertz CT molecular complexity index is 2000. The van der Waals surface area contributed by atoms with Crippen LogP contribution >= 0.6 is 0 Å². The van der Waals surface area contributed by atoms with E-state index in [1.54, 1.807) is 0 Å². The highest BCUT2D eigenvalue weighted by molar-refractivity contribution is 6.00. The Hall–Kier alpha value is -4.92. The van der Waals surface area contributed by atoms with Gasteiger partial charge in [-0.2, -0.15) is 0 Å². The van der Waals surface area contributed by atoms with E-state index >= 15 is 0 Å². The van der Waals surface area contributed by atoms with E-state index < -0.39 is 0 Å². The molecule has 0 spiro atoms. The number of fused-ring (bicyclic) bond motifs is 2. The predicted molar refractivity (Wildman–Crippen MR) is 264 cm³/mol. The number of carbonyl (C=O) groups excluding carboxylic acids is 2. The third-order valence-electron chi connectivity index (χ3n) is 10.4. The summed E-state index contributed by atoms with van der Waals surface area (Å²) in [6, 6.07) is 31.0. The van der Waals surface area contributed by atoms with E-state index in [9.17, 15) is 9.59 Å². The van der Waals surface area contributed by atoms with Crippen molar-refractivity contribution < 1.29 is 75.9 Å². The molecule has 0 saturated heterocycles. The van der Waals surface area contributed by atoms with Crippen molar-refractivity contribution in [3.8, 4) is 11.5 Å². The molecule has 70 heavy (non-hydrogen) atoms. The molecule has 0 heterocycles. The molecule has 5 rings (SSSR count). The first kappa shape index (κ1) is 56.0. The quantitative estimate of drug-likeness (QED) is 0.0290. The fraction of sp³-hybridized carbons (Fsp3) is 0.481. The third-order valence-corrected chi connectivity index (χ3v) is 10.4. The van der Waals surface area contributed by atoms with Crippen LogP contribution in [0, 0.1) is 0 Å². The second kappa shape index (κ2) is 36.9. The van der Waals surface area contributed by atoms with Crippen LogP contribution in [0.5, 0.6) is 11.5 Å². The van der Waals surface area contributed by atoms with Crippen LogP contribution in [0.15, 0.2) is 97.1 Å². The molecule has 0 aromatic heterocycles. The van der Waals surface area contributed by atoms with Crippen LogP contribution in [0.25, 0.3) is 21.5 Å². The number of hydrogen-bond acceptors (Lipinski definition) is 16. The van der Waals surface area contributed by atoms with Crippen molar-refractivity contribution in [2.45, 2.75) is 13.2 Å². The normalized spacial score (nSPS) is 11.4. The van der Waals surface area contributed by atoms with Crippen molar-refractivity contribution >= 4 is 34.1 Å². The first-order valence-corrected chi connectivity index (χ1v) is 24.0. The summed E-state index contributed by atoms with van der Waals surface area (Å²) in [5.41, 5.74) is 3.07. The molecule has 0 saturated carbocycles. The topological polar surface area (TPSA) is 163 Å². The first-order valence-electron chi connectivity index (χ1n) is 24.0. The summed E-state index contributed by atoms with van der Waals surface area (Å²) >= 11 is 0. The zero-order valence-corrected chi connectivity index (χ0v) is 40.3. The maximum Gasteiger partial charge on any atom is 0.161 e. The maximum atomic E-state index is 11.7. The lowest BCUT2D eigenvalue weighted by molar-refractivity contribution is -0.0189. The summed E-state index contributed by atoms with van der Waals surface area (Å²) in [4.78, 5) is 23.3. The summed E-state index contributed by atoms with van der Waals surface area (Å²) in [6.07, 6.45) is 1.78. The van der Waals surface area contributed by atoms with Crippen LogP contribution in [0.4, 0.5) is 0 Å². The Morgan fingerprint density at radius 1 is 0.271 bits per heavy atom. The van der Waals surface area contributed by atoms with E-state index in [2.05, 4.69) is 0 Å². The summed E-state index contributed by atoms with van der Waals surface area (Å²) in [5, 5.41) is 3.93. The molecule has 5 aromatic rings. The van der Waals surface area contributed by atoms with Gasteiger partial charge >= 0.3 is 0 Å². The van der Waals surface area contributed by atoms with Gasteiger partial charge < -0.3 is 66.3 Å². The number of ether oxygens (including phenoxy) is 14. The predicted octanol–water partition coefficient (Wildman–Crippen LogP) is 6.98. The van der Waals surface area contributed by atoms with Crippen LogP contribution in [-0.2, 0) is 70.1 Å². The van der Waals surface area contributed by atoms with Crippen molar-refractivity contribution in [3.05, 3.63) is 119 Å². The second-order valence-electron chi connectivity index (χ2n) is 15.3. The number of benzene rings is 5. The highest BCUT2D eigenvalue weighted by Crippen LogP contribution is 2.26. The van der Waals surface area contributed by atoms with Crippen molar-refractivity contribution in [2.75, 3.05) is 159 Å². The van der Waals surface area contributed by atoms with E-state index in [1.807, 2.05) is 97.1 Å². The van der Waals surface area contributed by atoms with Crippen LogP contribution in [0.2, 0.25) is 0 Å². The molecule has 0 unspecified atom stereocenters. The minimum atomic E-state index is 0.352. The SMILES string of the molecule is O=Cc1c(COCCOCCOCCOCCOCCOCCOc2ccccc2OCCOCCOCCOCCOCCOCCOCc2ccc3ccccc3c2C=O)ccc2ccccc12. The minimum absolute atomic E-state index is 0.352. The average Bonchev–Trinajstić information content (AvgIpc) is 3.39. The molecule has 0 atom stereocenters. The van der Waals surface area contributed by atoms with Gasteiger partial charge in [-0.1, -0.05) is 84.9 Å². The lowest BCUT2D eigenvalue weighted by Gasteiger charge is -2.13. The van der Waals surface area contributed by atoms with Crippen LogP contribution < -0.4 is 9.47 Å². The molecule has 0 fully saturated rings. The summed E-state index contributed by atoms with van der Waals surface area (Å²) in [6.45, 7) is 11.3. The number of aldehydes is 2. The van der Waals surface area contributed by atoms with Gasteiger partial charge in [-0.05, 0) is 44.8 Å². The standard InChI is InChI=1S/C54H70O16/c55-41-51-47(15-13-45-7-1-3-9-49(45)51)43-67-35-33-63-27-25-59-19-17-57-21-23-61-29-31-65-37-39-69-53-11-5-6-12-54(53)70-40-38-66-32-30-62-24-22-58-18-20-60-26-28-64-34-36-68-44-48-16-14-46-8-2-4-10-50(46)52(48)42-56/h1-16,41-42H,17-40,43-44H2. The zero-order valence-electron chi connectivity index (χ0n) is 40.3. The Balaban J connectivity index is 0.710. The van der Waals surface area contributed by atoms with E-state index in [0.717, 1.165) is 45.2 Å². The van der Waals surface area contributed by atoms with Crippen LogP contribution in [-0.4, -0.2) is 171 Å². The number of para-hydroxylation sites is 2. The van der Waals surface area contributed by atoms with Gasteiger partial charge in [-0.15, -0.1) is 0 Å². The van der Waals surface area contributed by atoms with Gasteiger partial charge in [0, 0.05) is 11.1 Å². The van der Waals surface area contributed by atoms with Gasteiger partial charge in [-0.25, -0.2) is 0 Å². The molecule has 5 aromatic carbocycles. The number of hydrogen-bond donors (Lipinski definition) is 0. The molecular formula is C54H70O16. The van der Waals surface area contributed by atoms with E-state index in [1.165, 1.54) is 0 Å². The molecule has 16 nitrogen and oxygen atoms in total. The van der Waals surface area contributed by atoms with Crippen LogP contribution in [0.3, 0.4) is 0 Å². The van der Waals surface area contributed by atoms with Gasteiger partial charge in [0.2, 0.25) is 0 Å². The largest absolute Gasteiger partial charge is 0.487 e. The van der Waals surface area contributed by atoms with Crippen molar-refractivity contribution in [2.24, 2.45) is 0 Å². The Morgan fingerprint density at radius 2 is 0.529 bits per heavy atom. The van der Waals surface area contributed by atoms with Gasteiger partial charge in [0.05, 0.1) is 159 Å². The monoisotopic (exact) mass is 974 g/mol. The fourth-order valence-electron chi connectivity index (χ4n) is 6.88. The van der Waals surface area contributed by atoms with Crippen LogP contribution in [0.1, 0.15) is 31.8 Å². The molecule has 16 heteroatoms. The van der Waals surface area contributed by atoms with Gasteiger partial charge in [-0.3, -0.25) is 9.59 Å². The smallest absolute Gasteiger partial charge is 0.161 e. The van der Waals surface area contributed by atoms with E-state index in [4.69, 9.17) is 66.3 Å². The third kappa shape index (κ3) is 22.4. The maximum absolute atomic E-state index is 11.7. The lowest BCUT2D eigenvalue weighted by atomic mass is 10.0. The molecular weight excluding hydrogens is 905 g/mol. The molecule has 0 aliphatic heterocycles. The summed E-state index contributed by atoms with van der Waals surface area (Å²) < 4.78 is 79.0. The molecule has 0 N–H and O–H groups in total. The Labute approximate surface area is 411 Å². The summed E-state index contributed by atoms with van der Waals surface area (Å²) in [5.74, 6) is 1.27. The highest BCUT2D eigenvalue weighted by atomic mass is 16.6. The fourth-order valence-corrected chi connectivity index (χ4v) is 6.88. The van der Waals surface area contributed by atoms with Crippen molar-refractivity contribution in [1.29, 1.82) is 0 Å². The zero-order chi connectivity index (χ0) is 48.8. The lowest BCUT2D eigenvalue weighted by Crippen LogP contribution is -2.15. The average molecular weight is 975 g/mol. The Morgan fingerprint density at radius 3 is 0.829 bits per heavy atom. The highest BCUT2D eigenvalue weighted by Gasteiger charge is 2.09. The van der Waals surface area contributed by atoms with Crippen molar-refractivity contribution in [1.82, 2.24) is 0 Å². The molecule has 0 amide bonds. The van der Waals surface area contributed by atoms with E-state index in [0.29, 0.717) is 194 Å². The van der Waals surface area contributed by atoms with E-state index in [-0.39, 0.29) is 0 Å². The number of rotatable bonds is 44. The molecule has 0 aliphatic rings. The molecule has 382 valence electrons. The second-order valence-corrected chi connectivity index (χ2v) is 15.3. The van der Waals surface area contributed by atoms with Crippen molar-refractivity contribution in [3.63, 3.8) is 0 Å². The van der Waals surface area contributed by atoms with Gasteiger partial charge in [0.1, 0.15) is 13.2 Å². The molecule has 0 bridgehead atoms. The summed E-state index contributed by atoms with van der Waals surface area (Å²) in [7, 11) is 0. The van der Waals surface area contributed by atoms with Gasteiger partial charge in [0.25, 0.3) is 0 Å². The molecule has 0 aliphatic carbocycles.